The third-order valence-corrected chi connectivity index (χ3v) is 5.72. The van der Waals surface area contributed by atoms with Crippen molar-refractivity contribution in [3.63, 3.8) is 0 Å². The van der Waals surface area contributed by atoms with Gasteiger partial charge in [-0.1, -0.05) is 56.4 Å². The minimum Gasteiger partial charge on any atom is -0.383 e. The quantitative estimate of drug-likeness (QED) is 0.242. The van der Waals surface area contributed by atoms with Crippen LogP contribution in [0.15, 0.2) is 72.2 Å². The first kappa shape index (κ1) is 22.5. The first-order valence-corrected chi connectivity index (χ1v) is 11.2. The lowest BCUT2D eigenvalue weighted by Gasteiger charge is -2.13. The van der Waals surface area contributed by atoms with Gasteiger partial charge in [-0.3, -0.25) is 14.4 Å². The molecule has 0 unspecified atom stereocenters. The molecule has 0 fully saturated rings. The minimum absolute atomic E-state index is 0.430. The Morgan fingerprint density at radius 2 is 1.85 bits per heavy atom. The van der Waals surface area contributed by atoms with Crippen molar-refractivity contribution in [1.29, 1.82) is 0 Å². The molecule has 2 heterocycles. The maximum absolute atomic E-state index is 6.59. The first-order chi connectivity index (χ1) is 15.9. The Bertz CT molecular complexity index is 1280. The summed E-state index contributed by atoms with van der Waals surface area (Å²) in [7, 11) is 1.94. The second-order valence-corrected chi connectivity index (χ2v) is 8.61. The average molecular weight is 461 g/mol. The van der Waals surface area contributed by atoms with Crippen LogP contribution in [-0.2, 0) is 20.1 Å². The van der Waals surface area contributed by atoms with Gasteiger partial charge in [-0.15, -0.1) is 0 Å². The van der Waals surface area contributed by atoms with Crippen molar-refractivity contribution in [2.24, 2.45) is 18.0 Å². The summed E-state index contributed by atoms with van der Waals surface area (Å²) in [6.45, 7) is 5.55. The van der Waals surface area contributed by atoms with E-state index in [0.29, 0.717) is 28.8 Å². The van der Waals surface area contributed by atoms with E-state index in [0.717, 1.165) is 29.0 Å². The summed E-state index contributed by atoms with van der Waals surface area (Å²) in [5.41, 5.74) is 10.3. The molecule has 0 radical (unpaired) electrons. The van der Waals surface area contributed by atoms with Crippen LogP contribution in [0.2, 0.25) is 0 Å². The zero-order valence-electron chi connectivity index (χ0n) is 19.0. The van der Waals surface area contributed by atoms with Gasteiger partial charge in [-0.2, -0.15) is 5.10 Å². The molecule has 3 N–H and O–H groups in total. The maximum atomic E-state index is 6.59. The number of aromatic nitrogens is 5. The standard InChI is InChI=1S/C24H28N8S/c1-17(2)14-32-22(25)21(24(33)30(32)3)23(29-19-7-5-4-6-8-19)27-13-18-9-11-20(12-10-18)31-16-26-15-28-31/h4-12,15-17H,13-14,25H2,1-3H3,(H,27,29). The van der Waals surface area contributed by atoms with Crippen molar-refractivity contribution in [2.45, 2.75) is 26.9 Å². The third kappa shape index (κ3) is 5.04. The molecule has 0 bridgehead atoms. The van der Waals surface area contributed by atoms with Crippen molar-refractivity contribution >= 4 is 29.6 Å². The lowest BCUT2D eigenvalue weighted by molar-refractivity contribution is 0.431. The molecular weight excluding hydrogens is 432 g/mol. The lowest BCUT2D eigenvalue weighted by atomic mass is 10.2. The molecule has 0 aliphatic rings. The van der Waals surface area contributed by atoms with Gasteiger partial charge in [-0.05, 0) is 35.7 Å². The molecular formula is C24H28N8S. The fraction of sp³-hybridized carbons (Fsp3) is 0.250. The molecule has 0 atom stereocenters. The number of nitrogens with zero attached hydrogens (tertiary/aromatic N) is 6. The Hall–Kier alpha value is -3.72. The number of amidine groups is 1. The van der Waals surface area contributed by atoms with E-state index < -0.39 is 0 Å². The Labute approximate surface area is 198 Å². The number of hydrogen-bond acceptors (Lipinski definition) is 5. The molecule has 4 aromatic rings. The number of para-hydroxylation sites is 1. The second kappa shape index (κ2) is 9.83. The number of anilines is 2. The molecule has 0 saturated heterocycles. The smallest absolute Gasteiger partial charge is 0.139 e. The van der Waals surface area contributed by atoms with E-state index in [1.165, 1.54) is 6.33 Å². The highest BCUT2D eigenvalue weighted by atomic mass is 32.1. The topological polar surface area (TPSA) is 91.0 Å². The van der Waals surface area contributed by atoms with E-state index in [2.05, 4.69) is 29.2 Å². The van der Waals surface area contributed by atoms with Gasteiger partial charge in [0, 0.05) is 19.3 Å². The third-order valence-electron chi connectivity index (χ3n) is 5.25. The number of hydrogen-bond donors (Lipinski definition) is 2. The molecule has 0 spiro atoms. The van der Waals surface area contributed by atoms with Crippen molar-refractivity contribution in [2.75, 3.05) is 11.1 Å². The molecule has 9 heteroatoms. The van der Waals surface area contributed by atoms with Gasteiger partial charge in [0.05, 0.1) is 17.8 Å². The van der Waals surface area contributed by atoms with Gasteiger partial charge in [0.1, 0.15) is 28.9 Å². The van der Waals surface area contributed by atoms with Crippen LogP contribution in [0.25, 0.3) is 5.69 Å². The number of aliphatic imine (C=N–C) groups is 1. The van der Waals surface area contributed by atoms with Crippen LogP contribution in [0.3, 0.4) is 0 Å². The van der Waals surface area contributed by atoms with Gasteiger partial charge in [0.15, 0.2) is 0 Å². The van der Waals surface area contributed by atoms with Gasteiger partial charge in [0.2, 0.25) is 0 Å². The highest BCUT2D eigenvalue weighted by Crippen LogP contribution is 2.21. The fourth-order valence-corrected chi connectivity index (χ4v) is 3.87. The summed E-state index contributed by atoms with van der Waals surface area (Å²) in [5.74, 6) is 1.70. The monoisotopic (exact) mass is 460 g/mol. The molecule has 0 aliphatic carbocycles. The van der Waals surface area contributed by atoms with Gasteiger partial charge < -0.3 is 11.1 Å². The summed E-state index contributed by atoms with van der Waals surface area (Å²) in [5, 5.41) is 7.59. The van der Waals surface area contributed by atoms with E-state index in [1.54, 1.807) is 11.0 Å². The van der Waals surface area contributed by atoms with Crippen molar-refractivity contribution in [1.82, 2.24) is 24.1 Å². The highest BCUT2D eigenvalue weighted by molar-refractivity contribution is 7.71. The largest absolute Gasteiger partial charge is 0.383 e. The van der Waals surface area contributed by atoms with Crippen molar-refractivity contribution in [3.05, 3.63) is 83.0 Å². The molecule has 0 aliphatic heterocycles. The van der Waals surface area contributed by atoms with Crippen LogP contribution in [0.1, 0.15) is 25.0 Å². The second-order valence-electron chi connectivity index (χ2n) is 8.23. The zero-order chi connectivity index (χ0) is 23.4. The Morgan fingerprint density at radius 3 is 2.48 bits per heavy atom. The van der Waals surface area contributed by atoms with Crippen molar-refractivity contribution in [3.8, 4) is 5.69 Å². The predicted octanol–water partition coefficient (Wildman–Crippen LogP) is 4.43. The number of nitrogens with two attached hydrogens (primary N) is 1. The van der Waals surface area contributed by atoms with E-state index in [9.17, 15) is 0 Å². The summed E-state index contributed by atoms with van der Waals surface area (Å²) >= 11 is 5.77. The fourth-order valence-electron chi connectivity index (χ4n) is 3.57. The molecule has 2 aromatic carbocycles. The number of nitrogens with one attached hydrogen (secondary N) is 1. The van der Waals surface area contributed by atoms with Crippen LogP contribution in [0.5, 0.6) is 0 Å². The first-order valence-electron chi connectivity index (χ1n) is 10.8. The van der Waals surface area contributed by atoms with Crippen LogP contribution < -0.4 is 11.1 Å². The predicted molar refractivity (Wildman–Crippen MR) is 135 cm³/mol. The molecule has 2 aromatic heterocycles. The van der Waals surface area contributed by atoms with Crippen LogP contribution >= 0.6 is 12.2 Å². The normalized spacial score (nSPS) is 11.8. The van der Waals surface area contributed by atoms with Gasteiger partial charge in [0.25, 0.3) is 0 Å². The summed E-state index contributed by atoms with van der Waals surface area (Å²) < 4.78 is 6.31. The Kier molecular flexibility index (Phi) is 6.69. The molecule has 4 rings (SSSR count). The Morgan fingerprint density at radius 1 is 1.12 bits per heavy atom. The number of benzene rings is 2. The van der Waals surface area contributed by atoms with Crippen LogP contribution in [0.4, 0.5) is 11.5 Å². The van der Waals surface area contributed by atoms with Gasteiger partial charge in [-0.25, -0.2) is 9.67 Å². The molecule has 0 saturated carbocycles. The van der Waals surface area contributed by atoms with E-state index in [-0.39, 0.29) is 0 Å². The lowest BCUT2D eigenvalue weighted by Crippen LogP contribution is -2.18. The van der Waals surface area contributed by atoms with Gasteiger partial charge >= 0.3 is 0 Å². The summed E-state index contributed by atoms with van der Waals surface area (Å²) in [6, 6.07) is 18.0. The zero-order valence-corrected chi connectivity index (χ0v) is 19.8. The highest BCUT2D eigenvalue weighted by Gasteiger charge is 2.19. The van der Waals surface area contributed by atoms with Crippen molar-refractivity contribution < 1.29 is 0 Å². The summed E-state index contributed by atoms with van der Waals surface area (Å²) in [4.78, 5) is 8.90. The van der Waals surface area contributed by atoms with Crippen LogP contribution in [-0.4, -0.2) is 30.0 Å². The summed E-state index contributed by atoms with van der Waals surface area (Å²) in [6.07, 6.45) is 3.19. The molecule has 170 valence electrons. The molecule has 8 nitrogen and oxygen atoms in total. The number of rotatable bonds is 7. The van der Waals surface area contributed by atoms with E-state index in [4.69, 9.17) is 22.9 Å². The number of nitrogen functional groups attached to an aromatic ring is 1. The molecule has 33 heavy (non-hydrogen) atoms. The van der Waals surface area contributed by atoms with Crippen LogP contribution in [0, 0.1) is 10.6 Å². The molecule has 0 amide bonds. The Balaban J connectivity index is 1.69. The SMILES string of the molecule is CC(C)Cn1c(N)c(C(=NCc2ccc(-n3cncn3)cc2)Nc2ccccc2)c(=S)n1C. The minimum atomic E-state index is 0.430. The maximum Gasteiger partial charge on any atom is 0.139 e. The average Bonchev–Trinajstić information content (AvgIpc) is 3.42. The van der Waals surface area contributed by atoms with E-state index >= 15 is 0 Å². The van der Waals surface area contributed by atoms with E-state index in [1.807, 2.05) is 71.0 Å².